The molecule has 2 saturated carbocycles. The van der Waals surface area contributed by atoms with Crippen LogP contribution in [0.25, 0.3) is 11.0 Å². The Bertz CT molecular complexity index is 3280. The van der Waals surface area contributed by atoms with E-state index in [0.29, 0.717) is 55.2 Å². The average molecular weight is 1050 g/mol. The summed E-state index contributed by atoms with van der Waals surface area (Å²) in [5.74, 6) is 1.37. The normalized spacial score (nSPS) is 22.5. The Hall–Kier alpha value is -6.80. The number of sulfonamides is 1. The highest BCUT2D eigenvalue weighted by molar-refractivity contribution is 7.90. The average Bonchev–Trinajstić information content (AvgIpc) is 3.87. The Balaban J connectivity index is 0.790. The summed E-state index contributed by atoms with van der Waals surface area (Å²) >= 11 is 0. The monoisotopic (exact) mass is 1050 g/mol. The number of hydrogen-bond donors (Lipinski definition) is 4. The predicted molar refractivity (Wildman–Crippen MR) is 289 cm³/mol. The van der Waals surface area contributed by atoms with Crippen LogP contribution in [0.3, 0.4) is 0 Å². The lowest BCUT2D eigenvalue weighted by Gasteiger charge is -2.63. The minimum absolute atomic E-state index is 0.0416. The molecule has 2 saturated heterocycles. The molecule has 3 aromatic carbocycles. The largest absolute Gasteiger partial charge is 0.478 e. The molecular weight excluding hydrogens is 987 g/mol. The SMILES string of the molecule is CC(C)c1ccccc1C1CN(Cc2ccnc3c2OC(C)(C)CO3)CCN1C1CC2(C1)CN(c1ccc(C(=O)NS(=O)(=O)c3ccc(NCC4CCC(C)(O)CC4)c([N+](=O)[O-])c3)c(Oc3cnc4[nH]ccc4c3)c1)C2. The van der Waals surface area contributed by atoms with Gasteiger partial charge in [0.2, 0.25) is 0 Å². The quantitative estimate of drug-likeness (QED) is 0.0556. The number of anilines is 2. The number of piperazine rings is 1. The number of pyridine rings is 2. The van der Waals surface area contributed by atoms with Crippen LogP contribution in [0, 0.1) is 21.4 Å². The number of amides is 1. The van der Waals surface area contributed by atoms with E-state index in [1.165, 1.54) is 29.5 Å². The molecule has 3 aromatic heterocycles. The van der Waals surface area contributed by atoms with Gasteiger partial charge in [0, 0.05) is 104 Å². The third-order valence-electron chi connectivity index (χ3n) is 16.3. The Labute approximate surface area is 443 Å². The molecule has 6 aromatic rings. The van der Waals surface area contributed by atoms with Gasteiger partial charge in [-0.1, -0.05) is 38.1 Å². The van der Waals surface area contributed by atoms with Gasteiger partial charge in [-0.05, 0) is 125 Å². The topological polar surface area (TPSA) is 218 Å². The molecule has 11 rings (SSSR count). The minimum atomic E-state index is -4.60. The first kappa shape index (κ1) is 51.3. The number of rotatable bonds is 15. The standard InChI is InChI=1S/C57H67N9O9S/c1-36(2)44-8-6-7-9-45(44)49-32-63(31-39-17-21-59-54-51(39)75-55(3,4)35-73-54)22-23-65(49)41-27-57(28-41)33-64(34-57)40-10-12-46(50(25-40)74-42-24-38-16-20-58-52(38)61-30-42)53(67)62-76(71,72)43-11-13-47(48(26-43)66(69)70)60-29-37-14-18-56(5,68)19-15-37/h6-13,16-17,20-21,24-26,30,36-37,41,49,60,68H,14-15,18-19,22-23,27-29,31-35H2,1-5H3,(H,58,61)(H,62,67). The summed E-state index contributed by atoms with van der Waals surface area (Å²) in [5, 5.41) is 26.5. The van der Waals surface area contributed by atoms with Crippen molar-refractivity contribution in [2.45, 2.75) is 114 Å². The van der Waals surface area contributed by atoms with Crippen LogP contribution >= 0.6 is 0 Å². The lowest BCUT2D eigenvalue weighted by Crippen LogP contribution is -2.68. The van der Waals surface area contributed by atoms with E-state index < -0.39 is 42.6 Å². The second-order valence-corrected chi connectivity index (χ2v) is 24.7. The Kier molecular flexibility index (Phi) is 13.5. The first-order chi connectivity index (χ1) is 36.3. The van der Waals surface area contributed by atoms with Gasteiger partial charge in [-0.15, -0.1) is 0 Å². The predicted octanol–water partition coefficient (Wildman–Crippen LogP) is 9.33. The molecule has 400 valence electrons. The molecule has 0 bridgehead atoms. The molecule has 4 N–H and O–H groups in total. The lowest BCUT2D eigenvalue weighted by molar-refractivity contribution is -0.384. The molecule has 3 aliphatic heterocycles. The Morgan fingerprint density at radius 3 is 2.57 bits per heavy atom. The summed E-state index contributed by atoms with van der Waals surface area (Å²) < 4.78 is 48.7. The molecule has 1 unspecified atom stereocenters. The molecule has 4 fully saturated rings. The Morgan fingerprint density at radius 1 is 1.00 bits per heavy atom. The summed E-state index contributed by atoms with van der Waals surface area (Å²) in [5.41, 5.74) is 3.95. The van der Waals surface area contributed by atoms with E-state index >= 15 is 0 Å². The van der Waals surface area contributed by atoms with E-state index in [1.807, 2.05) is 33.0 Å². The zero-order chi connectivity index (χ0) is 53.1. The highest BCUT2D eigenvalue weighted by Gasteiger charge is 2.55. The summed E-state index contributed by atoms with van der Waals surface area (Å²) in [7, 11) is -4.60. The number of hydrogen-bond acceptors (Lipinski definition) is 15. The highest BCUT2D eigenvalue weighted by atomic mass is 32.2. The first-order valence-corrected chi connectivity index (χ1v) is 28.0. The van der Waals surface area contributed by atoms with Gasteiger partial charge in [-0.25, -0.2) is 23.1 Å². The van der Waals surface area contributed by atoms with Gasteiger partial charge in [-0.2, -0.15) is 0 Å². The summed E-state index contributed by atoms with van der Waals surface area (Å²) in [6, 6.07) is 23.9. The molecule has 0 radical (unpaired) electrons. The molecule has 1 spiro atoms. The van der Waals surface area contributed by atoms with Crippen LogP contribution < -0.4 is 29.1 Å². The number of aromatic amines is 1. The van der Waals surface area contributed by atoms with Crippen molar-refractivity contribution in [3.63, 3.8) is 0 Å². The summed E-state index contributed by atoms with van der Waals surface area (Å²) in [6.07, 6.45) is 9.98. The van der Waals surface area contributed by atoms with Crippen LogP contribution in [0.15, 0.2) is 102 Å². The summed E-state index contributed by atoms with van der Waals surface area (Å²) in [4.78, 5) is 44.9. The molecule has 76 heavy (non-hydrogen) atoms. The molecule has 5 aliphatic rings. The van der Waals surface area contributed by atoms with Gasteiger partial charge >= 0.3 is 0 Å². The smallest absolute Gasteiger partial charge is 0.293 e. The maximum atomic E-state index is 14.1. The number of carbonyl (C=O) groups is 1. The van der Waals surface area contributed by atoms with E-state index in [2.05, 4.69) is 83.9 Å². The number of benzene rings is 3. The van der Waals surface area contributed by atoms with Gasteiger partial charge in [0.05, 0.1) is 27.2 Å². The number of nitro groups is 1. The fourth-order valence-corrected chi connectivity index (χ4v) is 13.1. The number of nitrogens with one attached hydrogen (secondary N) is 3. The van der Waals surface area contributed by atoms with Crippen molar-refractivity contribution in [1.29, 1.82) is 0 Å². The van der Waals surface area contributed by atoms with Crippen molar-refractivity contribution < 1.29 is 37.5 Å². The molecule has 6 heterocycles. The fourth-order valence-electron chi connectivity index (χ4n) is 12.1. The number of nitro benzene ring substituents is 1. The Morgan fingerprint density at radius 2 is 1.79 bits per heavy atom. The van der Waals surface area contributed by atoms with E-state index in [0.717, 1.165) is 93.4 Å². The maximum Gasteiger partial charge on any atom is 0.293 e. The lowest BCUT2D eigenvalue weighted by atomic mass is 9.59. The van der Waals surface area contributed by atoms with Crippen LogP contribution in [0.5, 0.6) is 23.1 Å². The molecule has 18 nitrogen and oxygen atoms in total. The van der Waals surface area contributed by atoms with Crippen LogP contribution in [0.4, 0.5) is 17.1 Å². The second kappa shape index (κ2) is 20.0. The van der Waals surface area contributed by atoms with Crippen molar-refractivity contribution in [2.75, 3.05) is 56.1 Å². The first-order valence-electron chi connectivity index (χ1n) is 26.5. The fraction of sp³-hybridized carbons (Fsp3) is 0.456. The number of nitrogens with zero attached hydrogens (tertiary/aromatic N) is 6. The third kappa shape index (κ3) is 10.5. The van der Waals surface area contributed by atoms with E-state index in [9.17, 15) is 28.4 Å². The molecule has 1 amide bonds. The van der Waals surface area contributed by atoms with Crippen LogP contribution in [-0.2, 0) is 16.6 Å². The number of fused-ring (bicyclic) bond motifs is 2. The molecule has 19 heteroatoms. The van der Waals surface area contributed by atoms with Crippen LogP contribution in [0.1, 0.15) is 112 Å². The number of carbonyl (C=O) groups excluding carboxylic acids is 1. The van der Waals surface area contributed by atoms with Crippen LogP contribution in [-0.4, -0.2) is 112 Å². The van der Waals surface area contributed by atoms with Gasteiger partial charge in [0.25, 0.3) is 27.5 Å². The van der Waals surface area contributed by atoms with Crippen molar-refractivity contribution in [3.8, 4) is 23.1 Å². The van der Waals surface area contributed by atoms with Gasteiger partial charge in [-0.3, -0.25) is 24.7 Å². The van der Waals surface area contributed by atoms with Gasteiger partial charge in [0.1, 0.15) is 35.0 Å². The molecule has 2 aliphatic carbocycles. The minimum Gasteiger partial charge on any atom is -0.478 e. The van der Waals surface area contributed by atoms with Crippen molar-refractivity contribution in [2.24, 2.45) is 11.3 Å². The zero-order valence-corrected chi connectivity index (χ0v) is 44.6. The number of aromatic nitrogens is 3. The van der Waals surface area contributed by atoms with Gasteiger partial charge < -0.3 is 34.5 Å². The second-order valence-electron chi connectivity index (χ2n) is 23.0. The highest BCUT2D eigenvalue weighted by Crippen LogP contribution is 2.54. The van der Waals surface area contributed by atoms with Crippen molar-refractivity contribution in [1.82, 2.24) is 29.5 Å². The van der Waals surface area contributed by atoms with E-state index in [4.69, 9.17) is 14.2 Å². The van der Waals surface area contributed by atoms with Crippen LogP contribution in [0.2, 0.25) is 0 Å². The van der Waals surface area contributed by atoms with Crippen molar-refractivity contribution >= 4 is 44.0 Å². The zero-order valence-electron chi connectivity index (χ0n) is 43.8. The summed E-state index contributed by atoms with van der Waals surface area (Å²) in [6.45, 7) is 16.3. The maximum absolute atomic E-state index is 14.1. The molecule has 1 atom stereocenters. The van der Waals surface area contributed by atoms with Gasteiger partial charge in [0.15, 0.2) is 5.75 Å². The third-order valence-corrected chi connectivity index (χ3v) is 17.6. The van der Waals surface area contributed by atoms with Crippen molar-refractivity contribution in [3.05, 3.63) is 130 Å². The number of ether oxygens (including phenoxy) is 3. The van der Waals surface area contributed by atoms with E-state index in [-0.39, 0.29) is 34.4 Å². The number of aliphatic hydroxyl groups is 1. The number of H-pyrrole nitrogens is 1. The van der Waals surface area contributed by atoms with E-state index in [1.54, 1.807) is 30.5 Å². The molecular formula is C57H67N9O9S.